The molecule has 0 fully saturated rings. The number of nitro benzene ring substituents is 1. The first-order chi connectivity index (χ1) is 11.7. The molecule has 10 heteroatoms. The van der Waals surface area contributed by atoms with E-state index in [9.17, 15) is 14.9 Å². The van der Waals surface area contributed by atoms with E-state index in [0.717, 1.165) is 4.47 Å². The Kier molecular flexibility index (Phi) is 6.51. The van der Waals surface area contributed by atoms with Gasteiger partial charge in [-0.05, 0) is 30.3 Å². The highest BCUT2D eigenvalue weighted by Crippen LogP contribution is 2.32. The monoisotopic (exact) mass is 465 g/mol. The largest absolute Gasteiger partial charge is 0.362 e. The van der Waals surface area contributed by atoms with Crippen LogP contribution in [0.2, 0.25) is 0 Å². The van der Waals surface area contributed by atoms with Crippen molar-refractivity contribution in [1.82, 2.24) is 5.32 Å². The van der Waals surface area contributed by atoms with Gasteiger partial charge in [0.1, 0.15) is 11.7 Å². The zero-order valence-corrected chi connectivity index (χ0v) is 16.2. The third-order valence-corrected chi connectivity index (χ3v) is 4.29. The molecule has 0 spiro atoms. The summed E-state index contributed by atoms with van der Waals surface area (Å²) in [6.45, 7) is 0. The molecule has 0 bridgehead atoms. The summed E-state index contributed by atoms with van der Waals surface area (Å²) in [6, 6.07) is 12.5. The molecular formula is C15H11BrCl3N3O3. The standard InChI is InChI=1S/C15H11BrCl3N3O3/c16-9-5-7-10(8-6-9)20-14(15(17,18)19)21-13(23)11-3-1-2-4-12(11)22(24)25/h1-8,14,20H,(H,21,23)/t14-/m1/s1. The number of carbonyl (C=O) groups excluding carboxylic acids is 1. The number of carbonyl (C=O) groups is 1. The van der Waals surface area contributed by atoms with Crippen molar-refractivity contribution in [3.8, 4) is 0 Å². The Hall–Kier alpha value is -1.54. The molecule has 0 radical (unpaired) electrons. The Morgan fingerprint density at radius 1 is 1.12 bits per heavy atom. The van der Waals surface area contributed by atoms with E-state index in [1.54, 1.807) is 24.3 Å². The van der Waals surface area contributed by atoms with E-state index in [4.69, 9.17) is 34.8 Å². The fourth-order valence-corrected chi connectivity index (χ4v) is 2.54. The second-order valence-electron chi connectivity index (χ2n) is 4.87. The number of hydrogen-bond acceptors (Lipinski definition) is 4. The number of alkyl halides is 3. The number of benzene rings is 2. The smallest absolute Gasteiger partial charge is 0.282 e. The van der Waals surface area contributed by atoms with Gasteiger partial charge in [0.2, 0.25) is 3.79 Å². The maximum atomic E-state index is 12.4. The summed E-state index contributed by atoms with van der Waals surface area (Å²) in [5.74, 6) is -0.742. The Morgan fingerprint density at radius 2 is 1.72 bits per heavy atom. The molecule has 0 heterocycles. The first-order valence-electron chi connectivity index (χ1n) is 6.81. The van der Waals surface area contributed by atoms with Crippen LogP contribution in [0.5, 0.6) is 0 Å². The summed E-state index contributed by atoms with van der Waals surface area (Å²) in [5.41, 5.74) is 0.110. The topological polar surface area (TPSA) is 84.3 Å². The highest BCUT2D eigenvalue weighted by atomic mass is 79.9. The van der Waals surface area contributed by atoms with E-state index in [0.29, 0.717) is 5.69 Å². The van der Waals surface area contributed by atoms with E-state index in [1.165, 1.54) is 24.3 Å². The van der Waals surface area contributed by atoms with Crippen molar-refractivity contribution in [3.63, 3.8) is 0 Å². The second-order valence-corrected chi connectivity index (χ2v) is 8.16. The van der Waals surface area contributed by atoms with Gasteiger partial charge in [-0.1, -0.05) is 62.9 Å². The first kappa shape index (κ1) is 19.8. The summed E-state index contributed by atoms with van der Waals surface area (Å²) < 4.78 is -1.04. The van der Waals surface area contributed by atoms with E-state index in [1.807, 2.05) is 0 Å². The zero-order chi connectivity index (χ0) is 18.6. The van der Waals surface area contributed by atoms with Crippen molar-refractivity contribution in [2.75, 3.05) is 5.32 Å². The van der Waals surface area contributed by atoms with Gasteiger partial charge in [-0.3, -0.25) is 14.9 Å². The lowest BCUT2D eigenvalue weighted by Gasteiger charge is -2.27. The Labute approximate surface area is 166 Å². The summed E-state index contributed by atoms with van der Waals surface area (Å²) in [5, 5.41) is 16.4. The highest BCUT2D eigenvalue weighted by Gasteiger charge is 2.35. The number of nitro groups is 1. The number of anilines is 1. The minimum atomic E-state index is -1.90. The van der Waals surface area contributed by atoms with Crippen molar-refractivity contribution >= 4 is 68.0 Å². The van der Waals surface area contributed by atoms with Crippen LogP contribution in [0.4, 0.5) is 11.4 Å². The lowest BCUT2D eigenvalue weighted by molar-refractivity contribution is -0.385. The molecule has 0 saturated carbocycles. The Balaban J connectivity index is 2.24. The number of rotatable bonds is 5. The summed E-state index contributed by atoms with van der Waals surface area (Å²) in [4.78, 5) is 22.8. The molecule has 2 aromatic carbocycles. The fraction of sp³-hybridized carbons (Fsp3) is 0.133. The molecule has 0 aromatic heterocycles. The van der Waals surface area contributed by atoms with Crippen LogP contribution in [0, 0.1) is 10.1 Å². The van der Waals surface area contributed by atoms with Gasteiger partial charge in [0, 0.05) is 16.2 Å². The zero-order valence-electron chi connectivity index (χ0n) is 12.4. The maximum absolute atomic E-state index is 12.4. The molecule has 1 atom stereocenters. The van der Waals surface area contributed by atoms with E-state index in [2.05, 4.69) is 26.6 Å². The third kappa shape index (κ3) is 5.47. The van der Waals surface area contributed by atoms with Crippen molar-refractivity contribution in [1.29, 1.82) is 0 Å². The van der Waals surface area contributed by atoms with Crippen molar-refractivity contribution in [2.45, 2.75) is 9.96 Å². The maximum Gasteiger partial charge on any atom is 0.282 e. The molecule has 25 heavy (non-hydrogen) atoms. The van der Waals surface area contributed by atoms with Gasteiger partial charge in [0.25, 0.3) is 11.6 Å². The molecule has 132 valence electrons. The van der Waals surface area contributed by atoms with Crippen LogP contribution in [-0.4, -0.2) is 20.8 Å². The van der Waals surface area contributed by atoms with Crippen LogP contribution >= 0.6 is 50.7 Å². The molecule has 2 aromatic rings. The predicted octanol–water partition coefficient (Wildman–Crippen LogP) is 4.90. The van der Waals surface area contributed by atoms with Crippen molar-refractivity contribution in [2.24, 2.45) is 0 Å². The molecule has 0 aliphatic carbocycles. The average molecular weight is 468 g/mol. The van der Waals surface area contributed by atoms with E-state index < -0.39 is 20.8 Å². The number of nitrogens with zero attached hydrogens (tertiary/aromatic N) is 1. The third-order valence-electron chi connectivity index (χ3n) is 3.10. The Bertz CT molecular complexity index is 782. The average Bonchev–Trinajstić information content (AvgIpc) is 2.55. The van der Waals surface area contributed by atoms with E-state index in [-0.39, 0.29) is 11.3 Å². The van der Waals surface area contributed by atoms with Crippen LogP contribution in [0.25, 0.3) is 0 Å². The number of hydrogen-bond donors (Lipinski definition) is 2. The van der Waals surface area contributed by atoms with Crippen LogP contribution in [0.15, 0.2) is 53.0 Å². The molecule has 2 N–H and O–H groups in total. The molecule has 0 aliphatic rings. The lowest BCUT2D eigenvalue weighted by atomic mass is 10.1. The summed E-state index contributed by atoms with van der Waals surface area (Å²) in [6.07, 6.45) is -1.12. The molecular weight excluding hydrogens is 456 g/mol. The lowest BCUT2D eigenvalue weighted by Crippen LogP contribution is -2.49. The SMILES string of the molecule is O=C(N[C@@H](Nc1ccc(Br)cc1)C(Cl)(Cl)Cl)c1ccccc1[N+](=O)[O-]. The van der Waals surface area contributed by atoms with Gasteiger partial charge in [0.15, 0.2) is 0 Å². The van der Waals surface area contributed by atoms with Gasteiger partial charge in [-0.15, -0.1) is 0 Å². The predicted molar refractivity (Wildman–Crippen MR) is 102 cm³/mol. The molecule has 0 unspecified atom stereocenters. The minimum absolute atomic E-state index is 0.135. The van der Waals surface area contributed by atoms with Crippen molar-refractivity contribution < 1.29 is 9.72 Å². The summed E-state index contributed by atoms with van der Waals surface area (Å²) >= 11 is 21.1. The number of nitrogens with one attached hydrogen (secondary N) is 2. The van der Waals surface area contributed by atoms with Gasteiger partial charge in [-0.2, -0.15) is 0 Å². The van der Waals surface area contributed by atoms with E-state index >= 15 is 0 Å². The molecule has 6 nitrogen and oxygen atoms in total. The fourth-order valence-electron chi connectivity index (χ4n) is 1.95. The normalized spacial score (nSPS) is 12.3. The molecule has 1 amide bonds. The molecule has 0 saturated heterocycles. The molecule has 2 rings (SSSR count). The van der Waals surface area contributed by atoms with Gasteiger partial charge in [-0.25, -0.2) is 0 Å². The van der Waals surface area contributed by atoms with Gasteiger partial charge < -0.3 is 10.6 Å². The second kappa shape index (κ2) is 8.23. The van der Waals surface area contributed by atoms with Gasteiger partial charge in [0.05, 0.1) is 4.92 Å². The first-order valence-corrected chi connectivity index (χ1v) is 8.74. The molecule has 0 aliphatic heterocycles. The minimum Gasteiger partial charge on any atom is -0.362 e. The number of para-hydroxylation sites is 1. The summed E-state index contributed by atoms with van der Waals surface area (Å²) in [7, 11) is 0. The quantitative estimate of drug-likeness (QED) is 0.284. The van der Waals surface area contributed by atoms with Crippen LogP contribution in [0.1, 0.15) is 10.4 Å². The van der Waals surface area contributed by atoms with Crippen LogP contribution in [0.3, 0.4) is 0 Å². The van der Waals surface area contributed by atoms with Crippen LogP contribution < -0.4 is 10.6 Å². The van der Waals surface area contributed by atoms with Gasteiger partial charge >= 0.3 is 0 Å². The highest BCUT2D eigenvalue weighted by molar-refractivity contribution is 9.10. The van der Waals surface area contributed by atoms with Crippen molar-refractivity contribution in [3.05, 3.63) is 68.7 Å². The Morgan fingerprint density at radius 3 is 2.28 bits per heavy atom. The number of amides is 1. The number of halogens is 4. The van der Waals surface area contributed by atoms with Crippen LogP contribution in [-0.2, 0) is 0 Å².